The van der Waals surface area contributed by atoms with Crippen LogP contribution in [-0.4, -0.2) is 43.3 Å². The SMILES string of the molecule is C[NH+]1CCOCC1.N#Cc1c(N)nc([S-])c(C#N)c1-c1ccncc1. The summed E-state index contributed by atoms with van der Waals surface area (Å²) in [6, 6.07) is 7.30. The van der Waals surface area contributed by atoms with Crippen molar-refractivity contribution in [2.75, 3.05) is 39.1 Å². The molecule has 0 radical (unpaired) electrons. The molecule has 0 saturated carbocycles. The summed E-state index contributed by atoms with van der Waals surface area (Å²) in [5.41, 5.74) is 7.09. The molecule has 0 spiro atoms. The molecule has 0 aromatic carbocycles. The molecule has 25 heavy (non-hydrogen) atoms. The molecule has 3 N–H and O–H groups in total. The zero-order chi connectivity index (χ0) is 18.2. The summed E-state index contributed by atoms with van der Waals surface area (Å²) in [5.74, 6) is 0.0355. The number of ether oxygens (including phenoxy) is 1. The molecule has 0 aliphatic carbocycles. The van der Waals surface area contributed by atoms with E-state index in [0.717, 1.165) is 13.2 Å². The monoisotopic (exact) mass is 354 g/mol. The number of morpholine rings is 1. The minimum atomic E-state index is 0.0355. The van der Waals surface area contributed by atoms with Crippen LogP contribution in [0.1, 0.15) is 11.1 Å². The predicted molar refractivity (Wildman–Crippen MR) is 94.4 cm³/mol. The van der Waals surface area contributed by atoms with Crippen LogP contribution >= 0.6 is 0 Å². The van der Waals surface area contributed by atoms with Crippen LogP contribution in [0.2, 0.25) is 0 Å². The lowest BCUT2D eigenvalue weighted by Crippen LogP contribution is -3.11. The van der Waals surface area contributed by atoms with E-state index in [1.165, 1.54) is 13.1 Å². The minimum Gasteiger partial charge on any atom is -0.759 e. The van der Waals surface area contributed by atoms with E-state index < -0.39 is 0 Å². The minimum absolute atomic E-state index is 0.0355. The maximum Gasteiger partial charge on any atom is 0.140 e. The summed E-state index contributed by atoms with van der Waals surface area (Å²) in [6.45, 7) is 4.26. The molecule has 2 aromatic rings. The Morgan fingerprint density at radius 3 is 2.24 bits per heavy atom. The highest BCUT2D eigenvalue weighted by molar-refractivity contribution is 7.58. The number of hydrogen-bond donors (Lipinski definition) is 2. The highest BCUT2D eigenvalue weighted by Gasteiger charge is 2.15. The highest BCUT2D eigenvalue weighted by Crippen LogP contribution is 2.31. The van der Waals surface area contributed by atoms with Gasteiger partial charge in [0.25, 0.3) is 0 Å². The Balaban J connectivity index is 0.000000269. The average molecular weight is 354 g/mol. The largest absolute Gasteiger partial charge is 0.759 e. The summed E-state index contributed by atoms with van der Waals surface area (Å²) >= 11 is 5.00. The first kappa shape index (κ1) is 18.6. The lowest BCUT2D eigenvalue weighted by Gasteiger charge is -2.18. The Labute approximate surface area is 152 Å². The lowest BCUT2D eigenvalue weighted by molar-refractivity contribution is -0.888. The van der Waals surface area contributed by atoms with Gasteiger partial charge < -0.3 is 28.0 Å². The van der Waals surface area contributed by atoms with Crippen molar-refractivity contribution in [3.63, 3.8) is 0 Å². The van der Waals surface area contributed by atoms with Gasteiger partial charge in [-0.2, -0.15) is 10.5 Å². The fourth-order valence-electron chi connectivity index (χ4n) is 2.33. The Morgan fingerprint density at radius 2 is 1.76 bits per heavy atom. The fraction of sp³-hybridized carbons (Fsp3) is 0.294. The number of nitriles is 2. The molecule has 2 aromatic heterocycles. The van der Waals surface area contributed by atoms with Crippen molar-refractivity contribution in [1.82, 2.24) is 9.97 Å². The molecule has 7 nitrogen and oxygen atoms in total. The van der Waals surface area contributed by atoms with Crippen molar-refractivity contribution in [1.29, 1.82) is 10.5 Å². The molecule has 1 aliphatic rings. The summed E-state index contributed by atoms with van der Waals surface area (Å²) < 4.78 is 5.12. The topological polar surface area (TPSA) is 113 Å². The molecular formula is C17H18N6OS. The Kier molecular flexibility index (Phi) is 6.61. The number of rotatable bonds is 1. The van der Waals surface area contributed by atoms with Gasteiger partial charge in [0.15, 0.2) is 0 Å². The van der Waals surface area contributed by atoms with Crippen molar-refractivity contribution < 1.29 is 9.64 Å². The van der Waals surface area contributed by atoms with Crippen molar-refractivity contribution >= 4 is 18.4 Å². The van der Waals surface area contributed by atoms with Gasteiger partial charge in [-0.15, -0.1) is 0 Å². The van der Waals surface area contributed by atoms with E-state index in [9.17, 15) is 0 Å². The standard InChI is InChI=1S/C12H7N5S.C5H11NO/c13-5-8-10(7-1-3-16-4-2-7)9(6-14)12(18)17-11(8)15;1-6-2-4-7-5-3-6/h1-4H,(H3,15,17,18);2-5H2,1H3. The van der Waals surface area contributed by atoms with Crippen molar-refractivity contribution in [2.24, 2.45) is 0 Å². The Morgan fingerprint density at radius 1 is 1.16 bits per heavy atom. The van der Waals surface area contributed by atoms with Gasteiger partial charge in [0, 0.05) is 18.0 Å². The molecule has 0 atom stereocenters. The molecule has 0 amide bonds. The van der Waals surface area contributed by atoms with Crippen LogP contribution in [0.25, 0.3) is 11.1 Å². The summed E-state index contributed by atoms with van der Waals surface area (Å²) in [7, 11) is 2.20. The lowest BCUT2D eigenvalue weighted by atomic mass is 9.98. The number of nitrogen functional groups attached to an aromatic ring is 1. The molecule has 128 valence electrons. The quantitative estimate of drug-likeness (QED) is 0.688. The van der Waals surface area contributed by atoms with Crippen LogP contribution in [0.5, 0.6) is 0 Å². The second-order valence-electron chi connectivity index (χ2n) is 5.46. The molecule has 0 unspecified atom stereocenters. The van der Waals surface area contributed by atoms with Crippen LogP contribution in [0.4, 0.5) is 5.82 Å². The molecule has 0 bridgehead atoms. The average Bonchev–Trinajstić information content (AvgIpc) is 2.63. The van der Waals surface area contributed by atoms with E-state index in [1.807, 2.05) is 12.1 Å². The third-order valence-corrected chi connectivity index (χ3v) is 4.03. The van der Waals surface area contributed by atoms with Gasteiger partial charge in [-0.25, -0.2) is 0 Å². The third kappa shape index (κ3) is 4.61. The number of nitrogens with one attached hydrogen (secondary N) is 1. The van der Waals surface area contributed by atoms with Crippen molar-refractivity contribution in [2.45, 2.75) is 5.03 Å². The molecule has 1 saturated heterocycles. The van der Waals surface area contributed by atoms with Gasteiger partial charge in [-0.1, -0.05) is 5.03 Å². The molecule has 3 heterocycles. The van der Waals surface area contributed by atoms with E-state index in [0.29, 0.717) is 11.1 Å². The van der Waals surface area contributed by atoms with Crippen LogP contribution in [-0.2, 0) is 17.4 Å². The van der Waals surface area contributed by atoms with Crippen LogP contribution in [0, 0.1) is 22.7 Å². The Bertz CT molecular complexity index is 768. The van der Waals surface area contributed by atoms with E-state index in [2.05, 4.69) is 17.0 Å². The van der Waals surface area contributed by atoms with E-state index >= 15 is 0 Å². The fourth-order valence-corrected chi connectivity index (χ4v) is 2.57. The zero-order valence-electron chi connectivity index (χ0n) is 13.8. The first-order valence-electron chi connectivity index (χ1n) is 7.68. The number of quaternary nitrogens is 1. The molecular weight excluding hydrogens is 336 g/mol. The van der Waals surface area contributed by atoms with Gasteiger partial charge >= 0.3 is 0 Å². The number of nitrogens with two attached hydrogens (primary N) is 1. The number of aromatic nitrogens is 2. The Hall–Kier alpha value is -2.78. The van der Waals surface area contributed by atoms with Gasteiger partial charge in [0.1, 0.15) is 30.5 Å². The van der Waals surface area contributed by atoms with E-state index in [-0.39, 0.29) is 22.0 Å². The van der Waals surface area contributed by atoms with Gasteiger partial charge in [-0.3, -0.25) is 9.97 Å². The second kappa shape index (κ2) is 8.90. The second-order valence-corrected chi connectivity index (χ2v) is 5.84. The summed E-state index contributed by atoms with van der Waals surface area (Å²) in [5, 5.41) is 18.4. The first-order valence-corrected chi connectivity index (χ1v) is 8.09. The normalized spacial score (nSPS) is 13.9. The maximum atomic E-state index is 9.15. The van der Waals surface area contributed by atoms with Crippen molar-refractivity contribution in [3.05, 3.63) is 35.7 Å². The molecule has 3 rings (SSSR count). The van der Waals surface area contributed by atoms with Crippen LogP contribution in [0.3, 0.4) is 0 Å². The number of anilines is 1. The number of likely N-dealkylation sites (N-methyl/N-ethyl adjacent to an activating group) is 1. The van der Waals surface area contributed by atoms with Crippen LogP contribution < -0.4 is 10.6 Å². The first-order chi connectivity index (χ1) is 12.1. The van der Waals surface area contributed by atoms with Gasteiger partial charge in [0.2, 0.25) is 0 Å². The summed E-state index contributed by atoms with van der Waals surface area (Å²) in [6.07, 6.45) is 3.13. The zero-order valence-corrected chi connectivity index (χ0v) is 14.6. The van der Waals surface area contributed by atoms with Crippen molar-refractivity contribution in [3.8, 4) is 23.3 Å². The predicted octanol–water partition coefficient (Wildman–Crippen LogP) is -0.0937. The summed E-state index contributed by atoms with van der Waals surface area (Å²) in [4.78, 5) is 9.31. The molecule has 1 aliphatic heterocycles. The number of pyridine rings is 2. The molecule has 8 heteroatoms. The van der Waals surface area contributed by atoms with Crippen LogP contribution in [0.15, 0.2) is 29.6 Å². The number of nitrogens with zero attached hydrogens (tertiary/aromatic N) is 4. The maximum absolute atomic E-state index is 9.15. The third-order valence-electron chi connectivity index (χ3n) is 3.73. The highest BCUT2D eigenvalue weighted by atomic mass is 32.1. The van der Waals surface area contributed by atoms with Gasteiger partial charge in [0.05, 0.1) is 31.9 Å². The van der Waals surface area contributed by atoms with E-state index in [1.54, 1.807) is 29.4 Å². The van der Waals surface area contributed by atoms with E-state index in [4.69, 9.17) is 33.6 Å². The van der Waals surface area contributed by atoms with Gasteiger partial charge in [-0.05, 0) is 17.7 Å². The molecule has 1 fully saturated rings. The smallest absolute Gasteiger partial charge is 0.140 e. The number of hydrogen-bond acceptors (Lipinski definition) is 7.